The van der Waals surface area contributed by atoms with Crippen molar-refractivity contribution < 1.29 is 4.74 Å². The summed E-state index contributed by atoms with van der Waals surface area (Å²) < 4.78 is 8.02. The van der Waals surface area contributed by atoms with Gasteiger partial charge >= 0.3 is 0 Å². The second kappa shape index (κ2) is 9.44. The van der Waals surface area contributed by atoms with Crippen molar-refractivity contribution >= 4 is 5.96 Å². The van der Waals surface area contributed by atoms with E-state index >= 15 is 0 Å². The van der Waals surface area contributed by atoms with Crippen molar-refractivity contribution in [3.05, 3.63) is 47.3 Å². The molecule has 0 amide bonds. The zero-order valence-corrected chi connectivity index (χ0v) is 16.7. The van der Waals surface area contributed by atoms with Gasteiger partial charge in [0.15, 0.2) is 5.96 Å². The van der Waals surface area contributed by atoms with E-state index < -0.39 is 0 Å². The lowest BCUT2D eigenvalue weighted by molar-refractivity contribution is 0.296. The summed E-state index contributed by atoms with van der Waals surface area (Å²) in [6, 6.07) is 6.39. The molecule has 146 valence electrons. The maximum atomic E-state index is 6.05. The molecule has 6 heteroatoms. The Kier molecular flexibility index (Phi) is 6.74. The van der Waals surface area contributed by atoms with Crippen LogP contribution in [0.15, 0.2) is 35.6 Å². The van der Waals surface area contributed by atoms with Crippen molar-refractivity contribution in [1.29, 1.82) is 0 Å². The molecular weight excluding hydrogens is 338 g/mol. The molecule has 1 aromatic heterocycles. The van der Waals surface area contributed by atoms with Crippen LogP contribution in [0.25, 0.3) is 0 Å². The third-order valence-electron chi connectivity index (χ3n) is 4.68. The molecule has 0 atom stereocenters. The second-order valence-electron chi connectivity index (χ2n) is 7.35. The van der Waals surface area contributed by atoms with Gasteiger partial charge in [0.25, 0.3) is 0 Å². The molecule has 0 bridgehead atoms. The number of nitrogens with zero attached hydrogens (tertiary/aromatic N) is 3. The molecule has 0 aliphatic heterocycles. The molecule has 1 aliphatic rings. The van der Waals surface area contributed by atoms with Crippen LogP contribution in [0, 0.1) is 19.8 Å². The highest BCUT2D eigenvalue weighted by Gasteiger charge is 2.22. The van der Waals surface area contributed by atoms with Gasteiger partial charge < -0.3 is 15.4 Å². The van der Waals surface area contributed by atoms with Gasteiger partial charge in [-0.25, -0.2) is 0 Å². The Balaban J connectivity index is 1.44. The fourth-order valence-corrected chi connectivity index (χ4v) is 2.87. The fraction of sp³-hybridized carbons (Fsp3) is 0.524. The van der Waals surface area contributed by atoms with Gasteiger partial charge in [0.05, 0.1) is 12.8 Å². The molecule has 0 unspecified atom stereocenters. The lowest BCUT2D eigenvalue weighted by atomic mass is 10.1. The Hall–Kier alpha value is -2.50. The standard InChI is InChI=1S/C21H31N5O/c1-16-5-8-19(20(11-16)27-15-18-6-7-18)13-24-21(22-3)23-9-4-10-26-14-17(2)12-25-26/h5,8,11-12,14,18H,4,6-7,9-10,13,15H2,1-3H3,(H2,22,23,24). The van der Waals surface area contributed by atoms with E-state index in [0.29, 0.717) is 6.54 Å². The fourth-order valence-electron chi connectivity index (χ4n) is 2.87. The average Bonchev–Trinajstić information content (AvgIpc) is 3.40. The summed E-state index contributed by atoms with van der Waals surface area (Å²) in [6.45, 7) is 7.42. The summed E-state index contributed by atoms with van der Waals surface area (Å²) in [5.74, 6) is 2.54. The summed E-state index contributed by atoms with van der Waals surface area (Å²) in [5, 5.41) is 11.1. The Morgan fingerprint density at radius 3 is 2.81 bits per heavy atom. The van der Waals surface area contributed by atoms with E-state index in [1.54, 1.807) is 7.05 Å². The van der Waals surface area contributed by atoms with Crippen molar-refractivity contribution in [2.45, 2.75) is 46.2 Å². The van der Waals surface area contributed by atoms with Gasteiger partial charge in [-0.2, -0.15) is 5.10 Å². The lowest BCUT2D eigenvalue weighted by Crippen LogP contribution is -2.37. The number of hydrogen-bond donors (Lipinski definition) is 2. The molecule has 0 radical (unpaired) electrons. The van der Waals surface area contributed by atoms with E-state index in [-0.39, 0.29) is 0 Å². The molecule has 1 saturated carbocycles. The van der Waals surface area contributed by atoms with Crippen molar-refractivity contribution in [2.24, 2.45) is 10.9 Å². The van der Waals surface area contributed by atoms with Crippen LogP contribution in [0.2, 0.25) is 0 Å². The summed E-state index contributed by atoms with van der Waals surface area (Å²) in [5.41, 5.74) is 3.58. The number of ether oxygens (including phenoxy) is 1. The highest BCUT2D eigenvalue weighted by atomic mass is 16.5. The van der Waals surface area contributed by atoms with Crippen LogP contribution in [-0.2, 0) is 13.1 Å². The number of rotatable bonds is 9. The van der Waals surface area contributed by atoms with E-state index in [1.165, 1.54) is 24.0 Å². The second-order valence-corrected chi connectivity index (χ2v) is 7.35. The number of aliphatic imine (C=N–C) groups is 1. The van der Waals surface area contributed by atoms with Crippen LogP contribution in [-0.4, -0.2) is 35.9 Å². The minimum absolute atomic E-state index is 0.693. The highest BCUT2D eigenvalue weighted by molar-refractivity contribution is 5.79. The van der Waals surface area contributed by atoms with Crippen LogP contribution >= 0.6 is 0 Å². The van der Waals surface area contributed by atoms with E-state index in [1.807, 2.05) is 10.9 Å². The smallest absolute Gasteiger partial charge is 0.191 e. The number of aryl methyl sites for hydroxylation is 3. The quantitative estimate of drug-likeness (QED) is 0.405. The van der Waals surface area contributed by atoms with Crippen LogP contribution in [0.5, 0.6) is 5.75 Å². The molecule has 1 aliphatic carbocycles. The van der Waals surface area contributed by atoms with Gasteiger partial charge in [0.2, 0.25) is 0 Å². The molecule has 1 heterocycles. The monoisotopic (exact) mass is 369 g/mol. The maximum Gasteiger partial charge on any atom is 0.191 e. The SMILES string of the molecule is CN=C(NCCCn1cc(C)cn1)NCc1ccc(C)cc1OCC1CC1. The zero-order valence-electron chi connectivity index (χ0n) is 16.7. The summed E-state index contributed by atoms with van der Waals surface area (Å²) >= 11 is 0. The molecule has 0 spiro atoms. The number of aromatic nitrogens is 2. The Morgan fingerprint density at radius 1 is 1.26 bits per heavy atom. The Labute approximate surface area is 162 Å². The number of hydrogen-bond acceptors (Lipinski definition) is 3. The minimum atomic E-state index is 0.693. The van der Waals surface area contributed by atoms with Crippen molar-refractivity contribution in [3.8, 4) is 5.75 Å². The molecule has 1 aromatic carbocycles. The van der Waals surface area contributed by atoms with Gasteiger partial charge in [-0.15, -0.1) is 0 Å². The van der Waals surface area contributed by atoms with E-state index in [4.69, 9.17) is 4.74 Å². The first-order chi connectivity index (χ1) is 13.1. The normalized spacial score (nSPS) is 14.3. The van der Waals surface area contributed by atoms with E-state index in [2.05, 4.69) is 59.0 Å². The minimum Gasteiger partial charge on any atom is -0.493 e. The number of guanidine groups is 1. The average molecular weight is 370 g/mol. The van der Waals surface area contributed by atoms with Crippen molar-refractivity contribution in [1.82, 2.24) is 20.4 Å². The van der Waals surface area contributed by atoms with Gasteiger partial charge in [0.1, 0.15) is 5.75 Å². The first kappa shape index (κ1) is 19.3. The van der Waals surface area contributed by atoms with Gasteiger partial charge in [-0.3, -0.25) is 9.67 Å². The molecule has 1 fully saturated rings. The molecule has 0 saturated heterocycles. The number of benzene rings is 1. The predicted molar refractivity (Wildman–Crippen MR) is 109 cm³/mol. The summed E-state index contributed by atoms with van der Waals surface area (Å²) in [4.78, 5) is 4.31. The largest absolute Gasteiger partial charge is 0.493 e. The van der Waals surface area contributed by atoms with E-state index in [0.717, 1.165) is 49.3 Å². The molecule has 3 rings (SSSR count). The third kappa shape index (κ3) is 6.31. The van der Waals surface area contributed by atoms with E-state index in [9.17, 15) is 0 Å². The number of nitrogens with one attached hydrogen (secondary N) is 2. The molecule has 6 nitrogen and oxygen atoms in total. The predicted octanol–water partition coefficient (Wildman–Crippen LogP) is 3.04. The lowest BCUT2D eigenvalue weighted by Gasteiger charge is -2.15. The molecule has 27 heavy (non-hydrogen) atoms. The maximum absolute atomic E-state index is 6.05. The topological polar surface area (TPSA) is 63.5 Å². The first-order valence-electron chi connectivity index (χ1n) is 9.80. The van der Waals surface area contributed by atoms with Crippen LogP contribution in [0.3, 0.4) is 0 Å². The molecule has 2 N–H and O–H groups in total. The Morgan fingerprint density at radius 2 is 2.11 bits per heavy atom. The third-order valence-corrected chi connectivity index (χ3v) is 4.68. The molecule has 2 aromatic rings. The van der Waals surface area contributed by atoms with Gasteiger partial charge in [0, 0.05) is 38.4 Å². The Bertz CT molecular complexity index is 764. The zero-order chi connectivity index (χ0) is 19.1. The van der Waals surface area contributed by atoms with Crippen LogP contribution in [0.1, 0.15) is 36.0 Å². The van der Waals surface area contributed by atoms with Crippen molar-refractivity contribution in [3.63, 3.8) is 0 Å². The molecular formula is C21H31N5O. The van der Waals surface area contributed by atoms with Crippen LogP contribution in [0.4, 0.5) is 0 Å². The van der Waals surface area contributed by atoms with Crippen LogP contribution < -0.4 is 15.4 Å². The van der Waals surface area contributed by atoms with Gasteiger partial charge in [-0.05, 0) is 56.2 Å². The highest BCUT2D eigenvalue weighted by Crippen LogP contribution is 2.30. The first-order valence-corrected chi connectivity index (χ1v) is 9.80. The summed E-state index contributed by atoms with van der Waals surface area (Å²) in [7, 11) is 1.80. The van der Waals surface area contributed by atoms with Crippen molar-refractivity contribution in [2.75, 3.05) is 20.2 Å². The summed E-state index contributed by atoms with van der Waals surface area (Å²) in [6.07, 6.45) is 7.54. The van der Waals surface area contributed by atoms with Gasteiger partial charge in [-0.1, -0.05) is 12.1 Å².